The zero-order valence-corrected chi connectivity index (χ0v) is 17.6. The largest absolute Gasteiger partial charge is 0.456 e. The quantitative estimate of drug-likeness (QED) is 0.422. The summed E-state index contributed by atoms with van der Waals surface area (Å²) in [6.07, 6.45) is -0.517. The fraction of sp³-hybridized carbons (Fsp3) is 0.158. The lowest BCUT2D eigenvalue weighted by Crippen LogP contribution is -2.41. The molecule has 158 valence electrons. The van der Waals surface area contributed by atoms with Crippen LogP contribution in [-0.4, -0.2) is 30.3 Å². The lowest BCUT2D eigenvalue weighted by atomic mass is 10.2. The predicted octanol–water partition coefficient (Wildman–Crippen LogP) is 3.37. The Bertz CT molecular complexity index is 951. The molecule has 0 bridgehead atoms. The highest BCUT2D eigenvalue weighted by Crippen LogP contribution is 2.24. The van der Waals surface area contributed by atoms with Gasteiger partial charge in [-0.2, -0.15) is 0 Å². The highest BCUT2D eigenvalue weighted by Gasteiger charge is 2.12. The second-order valence-corrected chi connectivity index (χ2v) is 7.10. The van der Waals surface area contributed by atoms with Gasteiger partial charge in [-0.05, 0) is 42.5 Å². The first-order valence-corrected chi connectivity index (χ1v) is 9.63. The molecule has 8 nitrogen and oxygen atoms in total. The average Bonchev–Trinajstić information content (AvgIpc) is 2.72. The molecule has 0 fully saturated rings. The molecule has 0 unspecified atom stereocenters. The first kappa shape index (κ1) is 23.5. The highest BCUT2D eigenvalue weighted by molar-refractivity contribution is 6.42. The Balaban J connectivity index is 1.65. The van der Waals surface area contributed by atoms with Crippen LogP contribution in [0.3, 0.4) is 0 Å². The zero-order valence-electron chi connectivity index (χ0n) is 15.3. The third-order valence-corrected chi connectivity index (χ3v) is 4.54. The molecule has 2 rings (SSSR count). The smallest absolute Gasteiger partial charge is 0.306 e. The zero-order chi connectivity index (χ0) is 22.1. The van der Waals surface area contributed by atoms with E-state index in [-0.39, 0.29) is 17.9 Å². The molecule has 0 saturated carbocycles. The normalized spacial score (nSPS) is 10.1. The van der Waals surface area contributed by atoms with Crippen molar-refractivity contribution in [3.63, 3.8) is 0 Å². The van der Waals surface area contributed by atoms with Gasteiger partial charge in [0, 0.05) is 22.7 Å². The summed E-state index contributed by atoms with van der Waals surface area (Å²) in [6, 6.07) is 10.5. The monoisotopic (exact) mass is 471 g/mol. The van der Waals surface area contributed by atoms with Crippen LogP contribution in [0, 0.1) is 0 Å². The molecule has 30 heavy (non-hydrogen) atoms. The van der Waals surface area contributed by atoms with Gasteiger partial charge >= 0.3 is 5.97 Å². The van der Waals surface area contributed by atoms with Crippen molar-refractivity contribution in [1.82, 2.24) is 10.9 Å². The lowest BCUT2D eigenvalue weighted by molar-refractivity contribution is -0.148. The van der Waals surface area contributed by atoms with Crippen molar-refractivity contribution in [1.29, 1.82) is 0 Å². The number of nitrogens with one attached hydrogen (secondary N) is 3. The highest BCUT2D eigenvalue weighted by atomic mass is 35.5. The Morgan fingerprint density at radius 1 is 0.800 bits per heavy atom. The van der Waals surface area contributed by atoms with Crippen molar-refractivity contribution in [2.45, 2.75) is 12.8 Å². The fourth-order valence-electron chi connectivity index (χ4n) is 2.07. The van der Waals surface area contributed by atoms with Crippen LogP contribution in [0.5, 0.6) is 0 Å². The number of amides is 3. The number of hydrogen-bond donors (Lipinski definition) is 3. The van der Waals surface area contributed by atoms with Crippen molar-refractivity contribution >= 4 is 64.2 Å². The molecule has 2 aromatic rings. The first-order valence-electron chi connectivity index (χ1n) is 8.50. The van der Waals surface area contributed by atoms with Crippen LogP contribution in [0.2, 0.25) is 15.1 Å². The van der Waals surface area contributed by atoms with E-state index in [9.17, 15) is 19.2 Å². The van der Waals surface area contributed by atoms with E-state index >= 15 is 0 Å². The summed E-state index contributed by atoms with van der Waals surface area (Å²) >= 11 is 17.4. The number of hydrogen-bond acceptors (Lipinski definition) is 5. The van der Waals surface area contributed by atoms with Crippen molar-refractivity contribution in [3.05, 3.63) is 63.1 Å². The number of anilines is 1. The third-order valence-electron chi connectivity index (χ3n) is 3.55. The van der Waals surface area contributed by atoms with Gasteiger partial charge in [-0.3, -0.25) is 30.0 Å². The Morgan fingerprint density at radius 3 is 2.17 bits per heavy atom. The summed E-state index contributed by atoms with van der Waals surface area (Å²) in [5.74, 6) is -2.48. The van der Waals surface area contributed by atoms with Crippen LogP contribution >= 0.6 is 34.8 Å². The topological polar surface area (TPSA) is 114 Å². The predicted molar refractivity (Wildman–Crippen MR) is 112 cm³/mol. The average molecular weight is 473 g/mol. The summed E-state index contributed by atoms with van der Waals surface area (Å²) in [7, 11) is 0. The van der Waals surface area contributed by atoms with Gasteiger partial charge in [0.1, 0.15) is 0 Å². The summed E-state index contributed by atoms with van der Waals surface area (Å²) in [5.41, 5.74) is 5.07. The minimum absolute atomic E-state index is 0.242. The number of carbonyl (C=O) groups is 4. The molecule has 0 aliphatic heterocycles. The summed E-state index contributed by atoms with van der Waals surface area (Å²) in [5, 5.41) is 3.56. The maximum Gasteiger partial charge on any atom is 0.306 e. The van der Waals surface area contributed by atoms with Crippen LogP contribution in [0.4, 0.5) is 5.69 Å². The minimum Gasteiger partial charge on any atom is -0.456 e. The Kier molecular flexibility index (Phi) is 8.91. The van der Waals surface area contributed by atoms with Crippen LogP contribution in [0.15, 0.2) is 42.5 Å². The van der Waals surface area contributed by atoms with Crippen molar-refractivity contribution < 1.29 is 23.9 Å². The number of halogens is 3. The van der Waals surface area contributed by atoms with Gasteiger partial charge in [0.15, 0.2) is 6.61 Å². The number of ether oxygens (including phenoxy) is 1. The van der Waals surface area contributed by atoms with Crippen LogP contribution in [0.25, 0.3) is 0 Å². The first-order chi connectivity index (χ1) is 14.2. The molecular formula is C19H16Cl3N3O5. The van der Waals surface area contributed by atoms with Crippen LogP contribution in [-0.2, 0) is 19.1 Å². The van der Waals surface area contributed by atoms with Gasteiger partial charge in [0.2, 0.25) is 5.91 Å². The molecule has 3 amide bonds. The van der Waals surface area contributed by atoms with Crippen molar-refractivity contribution in [2.75, 3.05) is 11.9 Å². The van der Waals surface area contributed by atoms with Gasteiger partial charge in [-0.15, -0.1) is 0 Å². The molecule has 0 saturated heterocycles. The molecular weight excluding hydrogens is 457 g/mol. The minimum atomic E-state index is -0.751. The van der Waals surface area contributed by atoms with Gasteiger partial charge < -0.3 is 10.1 Å². The van der Waals surface area contributed by atoms with Gasteiger partial charge in [0.25, 0.3) is 11.8 Å². The fourth-order valence-corrected chi connectivity index (χ4v) is 2.49. The Labute approximate surface area is 186 Å². The second-order valence-electron chi connectivity index (χ2n) is 5.85. The van der Waals surface area contributed by atoms with Gasteiger partial charge in [0.05, 0.1) is 16.5 Å². The molecule has 0 atom stereocenters. The van der Waals surface area contributed by atoms with Gasteiger partial charge in [-0.1, -0.05) is 34.8 Å². The molecule has 0 spiro atoms. The molecule has 3 N–H and O–H groups in total. The summed E-state index contributed by atoms with van der Waals surface area (Å²) in [6.45, 7) is -0.534. The van der Waals surface area contributed by atoms with E-state index in [0.717, 1.165) is 0 Å². The Morgan fingerprint density at radius 2 is 1.50 bits per heavy atom. The van der Waals surface area contributed by atoms with E-state index in [1.807, 2.05) is 0 Å². The number of benzene rings is 2. The number of hydrazine groups is 1. The summed E-state index contributed by atoms with van der Waals surface area (Å²) < 4.78 is 4.80. The molecule has 0 aliphatic rings. The van der Waals surface area contributed by atoms with E-state index in [1.54, 1.807) is 0 Å². The maximum absolute atomic E-state index is 11.8. The molecule has 0 radical (unpaired) electrons. The van der Waals surface area contributed by atoms with E-state index in [1.165, 1.54) is 42.5 Å². The molecule has 0 heterocycles. The maximum atomic E-state index is 11.8. The Hall–Kier alpha value is -2.81. The van der Waals surface area contributed by atoms with Crippen molar-refractivity contribution in [3.8, 4) is 0 Å². The standard InChI is InChI=1S/C19H16Cl3N3O5/c20-12-3-1-11(2-4-12)19(29)25-24-16(26)7-8-18(28)30-10-17(27)23-13-5-6-14(21)15(22)9-13/h1-6,9H,7-8,10H2,(H,23,27)(H,24,26)(H,25,29). The molecule has 11 heteroatoms. The lowest BCUT2D eigenvalue weighted by Gasteiger charge is -2.08. The van der Waals surface area contributed by atoms with E-state index in [4.69, 9.17) is 39.5 Å². The molecule has 0 aliphatic carbocycles. The van der Waals surface area contributed by atoms with Crippen molar-refractivity contribution in [2.24, 2.45) is 0 Å². The third kappa shape index (κ3) is 7.90. The number of esters is 1. The molecule has 0 aromatic heterocycles. The van der Waals surface area contributed by atoms with Gasteiger partial charge in [-0.25, -0.2) is 0 Å². The summed E-state index contributed by atoms with van der Waals surface area (Å²) in [4.78, 5) is 47.0. The number of rotatable bonds is 7. The number of carbonyl (C=O) groups excluding carboxylic acids is 4. The molecule has 2 aromatic carbocycles. The van der Waals surface area contributed by atoms with E-state index < -0.39 is 30.3 Å². The van der Waals surface area contributed by atoms with E-state index in [2.05, 4.69) is 16.2 Å². The van der Waals surface area contributed by atoms with Crippen LogP contribution in [0.1, 0.15) is 23.2 Å². The SMILES string of the molecule is O=C(CCC(=O)OCC(=O)Nc1ccc(Cl)c(Cl)c1)NNC(=O)c1ccc(Cl)cc1. The second kappa shape index (κ2) is 11.4. The van der Waals surface area contributed by atoms with E-state index in [0.29, 0.717) is 21.3 Å². The van der Waals surface area contributed by atoms with Crippen LogP contribution < -0.4 is 16.2 Å².